The molecule has 2 amide bonds. The Bertz CT molecular complexity index is 1070. The van der Waals surface area contributed by atoms with Gasteiger partial charge < -0.3 is 9.80 Å². The predicted molar refractivity (Wildman–Crippen MR) is 120 cm³/mol. The number of carbonyl (C=O) groups is 2. The van der Waals surface area contributed by atoms with Crippen LogP contribution in [0.1, 0.15) is 34.3 Å². The number of likely N-dealkylation sites (tertiary alicyclic amines) is 1. The predicted octanol–water partition coefficient (Wildman–Crippen LogP) is 4.66. The van der Waals surface area contributed by atoms with Gasteiger partial charge >= 0.3 is 0 Å². The first-order chi connectivity index (χ1) is 14.5. The van der Waals surface area contributed by atoms with Crippen LogP contribution in [0.3, 0.4) is 0 Å². The van der Waals surface area contributed by atoms with Crippen molar-refractivity contribution in [2.75, 3.05) is 20.1 Å². The number of amides is 2. The van der Waals surface area contributed by atoms with Crippen molar-refractivity contribution < 1.29 is 9.59 Å². The zero-order valence-electron chi connectivity index (χ0n) is 17.7. The molecule has 0 aliphatic carbocycles. The smallest absolute Gasteiger partial charge is 0.254 e. The van der Waals surface area contributed by atoms with Gasteiger partial charge in [0.2, 0.25) is 5.91 Å². The van der Waals surface area contributed by atoms with Crippen LogP contribution in [0, 0.1) is 12.8 Å². The van der Waals surface area contributed by atoms with E-state index in [1.165, 1.54) is 10.8 Å². The van der Waals surface area contributed by atoms with E-state index in [1.807, 2.05) is 60.2 Å². The van der Waals surface area contributed by atoms with Gasteiger partial charge in [-0.05, 0) is 53.8 Å². The Kier molecular flexibility index (Phi) is 5.84. The summed E-state index contributed by atoms with van der Waals surface area (Å²) < 4.78 is 0. The zero-order chi connectivity index (χ0) is 21.1. The van der Waals surface area contributed by atoms with Crippen LogP contribution in [0.4, 0.5) is 0 Å². The van der Waals surface area contributed by atoms with Crippen LogP contribution in [-0.4, -0.2) is 41.8 Å². The number of fused-ring (bicyclic) bond motifs is 1. The summed E-state index contributed by atoms with van der Waals surface area (Å²) in [6.45, 7) is 3.83. The van der Waals surface area contributed by atoms with E-state index in [9.17, 15) is 9.59 Å². The summed E-state index contributed by atoms with van der Waals surface area (Å²) in [5, 5.41) is 2.40. The number of rotatable bonds is 4. The van der Waals surface area contributed by atoms with Crippen LogP contribution in [0.25, 0.3) is 10.8 Å². The topological polar surface area (TPSA) is 40.6 Å². The van der Waals surface area contributed by atoms with Gasteiger partial charge in [-0.15, -0.1) is 0 Å². The molecule has 1 saturated heterocycles. The van der Waals surface area contributed by atoms with E-state index in [0.29, 0.717) is 19.6 Å². The van der Waals surface area contributed by atoms with Gasteiger partial charge in [-0.3, -0.25) is 9.59 Å². The summed E-state index contributed by atoms with van der Waals surface area (Å²) in [7, 11) is 1.88. The van der Waals surface area contributed by atoms with E-state index in [1.54, 1.807) is 0 Å². The third kappa shape index (κ3) is 4.23. The van der Waals surface area contributed by atoms with Crippen molar-refractivity contribution in [3.05, 3.63) is 83.4 Å². The minimum Gasteiger partial charge on any atom is -0.341 e. The first-order valence-corrected chi connectivity index (χ1v) is 10.6. The maximum Gasteiger partial charge on any atom is 0.254 e. The van der Waals surface area contributed by atoms with Crippen LogP contribution in [-0.2, 0) is 11.3 Å². The van der Waals surface area contributed by atoms with Gasteiger partial charge in [-0.25, -0.2) is 0 Å². The standard InChI is InChI=1S/C26H28N2O2/c1-19-7-3-6-10-24(19)26(30)28-15-13-22(14-16-28)25(29)27(2)18-20-11-12-21-8-4-5-9-23(21)17-20/h3-12,17,22H,13-16,18H2,1-2H3. The molecule has 30 heavy (non-hydrogen) atoms. The molecule has 4 nitrogen and oxygen atoms in total. The van der Waals surface area contributed by atoms with Crippen LogP contribution >= 0.6 is 0 Å². The minimum absolute atomic E-state index is 0.0172. The Balaban J connectivity index is 1.35. The van der Waals surface area contributed by atoms with Gasteiger partial charge in [0, 0.05) is 38.2 Å². The number of benzene rings is 3. The summed E-state index contributed by atoms with van der Waals surface area (Å²) >= 11 is 0. The number of hydrogen-bond donors (Lipinski definition) is 0. The summed E-state index contributed by atoms with van der Waals surface area (Å²) in [5.41, 5.74) is 2.89. The number of aryl methyl sites for hydroxylation is 1. The molecule has 1 fully saturated rings. The third-order valence-electron chi connectivity index (χ3n) is 6.12. The van der Waals surface area contributed by atoms with Gasteiger partial charge in [0.1, 0.15) is 0 Å². The molecule has 0 atom stereocenters. The molecule has 0 N–H and O–H groups in total. The minimum atomic E-state index is -0.0172. The first kappa shape index (κ1) is 20.1. The number of nitrogens with zero attached hydrogens (tertiary/aromatic N) is 2. The fraction of sp³-hybridized carbons (Fsp3) is 0.308. The van der Waals surface area contributed by atoms with E-state index >= 15 is 0 Å². The second kappa shape index (κ2) is 8.70. The maximum atomic E-state index is 13.0. The van der Waals surface area contributed by atoms with Crippen molar-refractivity contribution in [2.24, 2.45) is 5.92 Å². The van der Waals surface area contributed by atoms with Crippen molar-refractivity contribution >= 4 is 22.6 Å². The lowest BCUT2D eigenvalue weighted by atomic mass is 9.94. The summed E-state index contributed by atoms with van der Waals surface area (Å²) in [5.74, 6) is 0.228. The lowest BCUT2D eigenvalue weighted by Crippen LogP contribution is -2.43. The van der Waals surface area contributed by atoms with E-state index in [4.69, 9.17) is 0 Å². The molecule has 0 spiro atoms. The molecule has 4 heteroatoms. The molecule has 0 unspecified atom stereocenters. The van der Waals surface area contributed by atoms with Crippen molar-refractivity contribution in [1.29, 1.82) is 0 Å². The fourth-order valence-corrected chi connectivity index (χ4v) is 4.31. The van der Waals surface area contributed by atoms with E-state index in [-0.39, 0.29) is 17.7 Å². The van der Waals surface area contributed by atoms with Crippen molar-refractivity contribution in [3.63, 3.8) is 0 Å². The summed E-state index contributed by atoms with van der Waals surface area (Å²) in [6.07, 6.45) is 1.44. The number of carbonyl (C=O) groups excluding carboxylic acids is 2. The molecular formula is C26H28N2O2. The molecular weight excluding hydrogens is 372 g/mol. The quantitative estimate of drug-likeness (QED) is 0.639. The molecule has 0 bridgehead atoms. The highest BCUT2D eigenvalue weighted by molar-refractivity contribution is 5.95. The van der Waals surface area contributed by atoms with Crippen LogP contribution < -0.4 is 0 Å². The van der Waals surface area contributed by atoms with Gasteiger partial charge in [-0.1, -0.05) is 54.6 Å². The Morgan fingerprint density at radius 3 is 2.33 bits per heavy atom. The molecule has 0 radical (unpaired) electrons. The molecule has 154 valence electrons. The van der Waals surface area contributed by atoms with E-state index in [0.717, 1.165) is 29.5 Å². The van der Waals surface area contributed by atoms with Crippen LogP contribution in [0.5, 0.6) is 0 Å². The van der Waals surface area contributed by atoms with Gasteiger partial charge in [0.05, 0.1) is 0 Å². The molecule has 1 aliphatic rings. The monoisotopic (exact) mass is 400 g/mol. The molecule has 1 aliphatic heterocycles. The third-order valence-corrected chi connectivity index (χ3v) is 6.12. The lowest BCUT2D eigenvalue weighted by Gasteiger charge is -2.33. The zero-order valence-corrected chi connectivity index (χ0v) is 17.7. The average molecular weight is 401 g/mol. The second-order valence-electron chi connectivity index (χ2n) is 8.26. The Morgan fingerprint density at radius 1 is 0.933 bits per heavy atom. The molecule has 0 saturated carbocycles. The Hall–Kier alpha value is -3.14. The summed E-state index contributed by atoms with van der Waals surface area (Å²) in [6, 6.07) is 22.3. The fourth-order valence-electron chi connectivity index (χ4n) is 4.31. The largest absolute Gasteiger partial charge is 0.341 e. The van der Waals surface area contributed by atoms with Crippen molar-refractivity contribution in [1.82, 2.24) is 9.80 Å². The van der Waals surface area contributed by atoms with Gasteiger partial charge in [0.25, 0.3) is 5.91 Å². The maximum absolute atomic E-state index is 13.0. The SMILES string of the molecule is Cc1ccccc1C(=O)N1CCC(C(=O)N(C)Cc2ccc3ccccc3c2)CC1. The highest BCUT2D eigenvalue weighted by Gasteiger charge is 2.29. The second-order valence-corrected chi connectivity index (χ2v) is 8.26. The number of piperidine rings is 1. The highest BCUT2D eigenvalue weighted by atomic mass is 16.2. The molecule has 4 rings (SSSR count). The van der Waals surface area contributed by atoms with Gasteiger partial charge in [0.15, 0.2) is 0 Å². The van der Waals surface area contributed by atoms with E-state index in [2.05, 4.69) is 30.3 Å². The van der Waals surface area contributed by atoms with Crippen LogP contribution in [0.2, 0.25) is 0 Å². The van der Waals surface area contributed by atoms with Crippen LogP contribution in [0.15, 0.2) is 66.7 Å². The Morgan fingerprint density at radius 2 is 1.60 bits per heavy atom. The molecule has 0 aromatic heterocycles. The molecule has 1 heterocycles. The van der Waals surface area contributed by atoms with Crippen molar-refractivity contribution in [3.8, 4) is 0 Å². The lowest BCUT2D eigenvalue weighted by molar-refractivity contribution is -0.136. The van der Waals surface area contributed by atoms with Crippen molar-refractivity contribution in [2.45, 2.75) is 26.3 Å². The average Bonchev–Trinajstić information content (AvgIpc) is 2.78. The Labute approximate surface area is 178 Å². The summed E-state index contributed by atoms with van der Waals surface area (Å²) in [4.78, 5) is 29.5. The highest BCUT2D eigenvalue weighted by Crippen LogP contribution is 2.23. The number of hydrogen-bond acceptors (Lipinski definition) is 2. The normalized spacial score (nSPS) is 14.7. The van der Waals surface area contributed by atoms with E-state index < -0.39 is 0 Å². The first-order valence-electron chi connectivity index (χ1n) is 10.6. The van der Waals surface area contributed by atoms with Gasteiger partial charge in [-0.2, -0.15) is 0 Å². The molecule has 3 aromatic rings. The molecule has 3 aromatic carbocycles.